The zero-order chi connectivity index (χ0) is 10.9. The molecule has 78 valence electrons. The lowest BCUT2D eigenvalue weighted by atomic mass is 10.3. The van der Waals surface area contributed by atoms with Crippen molar-refractivity contribution < 1.29 is 17.5 Å². The molecule has 14 heavy (non-hydrogen) atoms. The molecule has 0 aliphatic heterocycles. The fourth-order valence-corrected chi connectivity index (χ4v) is 1.61. The van der Waals surface area contributed by atoms with Crippen LogP contribution in [0.4, 0.5) is 10.1 Å². The molecular weight excluding hydrogens is 211 g/mol. The summed E-state index contributed by atoms with van der Waals surface area (Å²) in [7, 11) is -2.74. The van der Waals surface area contributed by atoms with Crippen LogP contribution in [0.25, 0.3) is 0 Å². The van der Waals surface area contributed by atoms with Gasteiger partial charge in [0.15, 0.2) is 11.6 Å². The zero-order valence-electron chi connectivity index (χ0n) is 7.32. The van der Waals surface area contributed by atoms with Crippen molar-refractivity contribution in [3.05, 3.63) is 17.9 Å². The van der Waals surface area contributed by atoms with Crippen molar-refractivity contribution in [2.75, 3.05) is 12.8 Å². The fourth-order valence-electron chi connectivity index (χ4n) is 0.953. The average molecular weight is 220 g/mol. The number of benzene rings is 1. The standard InChI is InChI=1S/C7H9FN2O3S/c1-13-6-3-7(14(10,11)12)5(9)2-4(6)8/h2-3H,9H2,1H3,(H2,10,11,12). The SMILES string of the molecule is COc1cc(S(N)(=O)=O)c(N)cc1F. The highest BCUT2D eigenvalue weighted by Crippen LogP contribution is 2.26. The number of hydrogen-bond acceptors (Lipinski definition) is 4. The third-order valence-corrected chi connectivity index (χ3v) is 2.56. The lowest BCUT2D eigenvalue weighted by molar-refractivity contribution is 0.385. The van der Waals surface area contributed by atoms with E-state index in [0.717, 1.165) is 12.1 Å². The Labute approximate surface area is 80.5 Å². The van der Waals surface area contributed by atoms with E-state index in [-0.39, 0.29) is 16.3 Å². The lowest BCUT2D eigenvalue weighted by Gasteiger charge is -2.06. The number of sulfonamides is 1. The van der Waals surface area contributed by atoms with Crippen molar-refractivity contribution in [3.8, 4) is 5.75 Å². The molecule has 0 atom stereocenters. The third kappa shape index (κ3) is 1.94. The Morgan fingerprint density at radius 2 is 2.00 bits per heavy atom. The molecule has 0 spiro atoms. The predicted octanol–water partition coefficient (Wildman–Crippen LogP) is 0.0639. The van der Waals surface area contributed by atoms with E-state index in [2.05, 4.69) is 4.74 Å². The Kier molecular flexibility index (Phi) is 2.63. The molecule has 0 aliphatic rings. The normalized spacial score (nSPS) is 11.4. The van der Waals surface area contributed by atoms with E-state index >= 15 is 0 Å². The lowest BCUT2D eigenvalue weighted by Crippen LogP contribution is -2.14. The van der Waals surface area contributed by atoms with Crippen LogP contribution in [0, 0.1) is 5.82 Å². The van der Waals surface area contributed by atoms with E-state index in [1.807, 2.05) is 0 Å². The smallest absolute Gasteiger partial charge is 0.240 e. The highest BCUT2D eigenvalue weighted by atomic mass is 32.2. The van der Waals surface area contributed by atoms with E-state index in [4.69, 9.17) is 10.9 Å². The average Bonchev–Trinajstić information content (AvgIpc) is 2.02. The van der Waals surface area contributed by atoms with Gasteiger partial charge < -0.3 is 10.5 Å². The maximum absolute atomic E-state index is 13.0. The molecule has 0 saturated heterocycles. The fraction of sp³-hybridized carbons (Fsp3) is 0.143. The minimum atomic E-state index is -3.95. The Hall–Kier alpha value is -1.34. The second kappa shape index (κ2) is 3.43. The molecule has 4 N–H and O–H groups in total. The van der Waals surface area contributed by atoms with Crippen LogP contribution >= 0.6 is 0 Å². The van der Waals surface area contributed by atoms with Gasteiger partial charge in [-0.05, 0) is 0 Å². The van der Waals surface area contributed by atoms with Gasteiger partial charge in [0.1, 0.15) is 4.90 Å². The molecule has 0 radical (unpaired) electrons. The molecule has 0 heterocycles. The van der Waals surface area contributed by atoms with Gasteiger partial charge in [0.25, 0.3) is 0 Å². The monoisotopic (exact) mass is 220 g/mol. The number of anilines is 1. The molecule has 0 bridgehead atoms. The minimum Gasteiger partial charge on any atom is -0.494 e. The van der Waals surface area contributed by atoms with Crippen molar-refractivity contribution >= 4 is 15.7 Å². The molecule has 0 aromatic heterocycles. The van der Waals surface area contributed by atoms with Crippen LogP contribution in [0.3, 0.4) is 0 Å². The molecule has 1 aromatic carbocycles. The zero-order valence-corrected chi connectivity index (χ0v) is 8.14. The van der Waals surface area contributed by atoms with Crippen LogP contribution in [0.1, 0.15) is 0 Å². The first kappa shape index (κ1) is 10.7. The number of nitrogens with two attached hydrogens (primary N) is 2. The number of hydrogen-bond donors (Lipinski definition) is 2. The van der Waals surface area contributed by atoms with Gasteiger partial charge in [-0.15, -0.1) is 0 Å². The molecule has 0 unspecified atom stereocenters. The maximum Gasteiger partial charge on any atom is 0.240 e. The van der Waals surface area contributed by atoms with Crippen LogP contribution in [0.15, 0.2) is 17.0 Å². The minimum absolute atomic E-state index is 0.219. The molecule has 7 heteroatoms. The third-order valence-electron chi connectivity index (χ3n) is 1.59. The quantitative estimate of drug-likeness (QED) is 0.689. The van der Waals surface area contributed by atoms with Crippen LogP contribution in [-0.2, 0) is 10.0 Å². The largest absolute Gasteiger partial charge is 0.494 e. The highest BCUT2D eigenvalue weighted by molar-refractivity contribution is 7.89. The van der Waals surface area contributed by atoms with Gasteiger partial charge >= 0.3 is 0 Å². The van der Waals surface area contributed by atoms with Crippen LogP contribution in [-0.4, -0.2) is 15.5 Å². The second-order valence-electron chi connectivity index (χ2n) is 2.57. The van der Waals surface area contributed by atoms with E-state index < -0.39 is 15.8 Å². The molecule has 0 amide bonds. The predicted molar refractivity (Wildman–Crippen MR) is 48.7 cm³/mol. The summed E-state index contributed by atoms with van der Waals surface area (Å²) in [6, 6.07) is 1.79. The van der Waals surface area contributed by atoms with E-state index in [1.54, 1.807) is 0 Å². The van der Waals surface area contributed by atoms with Crippen molar-refractivity contribution in [2.45, 2.75) is 4.90 Å². The second-order valence-corrected chi connectivity index (χ2v) is 4.10. The molecule has 1 rings (SSSR count). The summed E-state index contributed by atoms with van der Waals surface area (Å²) in [6.45, 7) is 0. The molecule has 1 aromatic rings. The van der Waals surface area contributed by atoms with Crippen molar-refractivity contribution in [1.82, 2.24) is 0 Å². The number of rotatable bonds is 2. The first-order chi connectivity index (χ1) is 6.36. The molecular formula is C7H9FN2O3S. The number of halogens is 1. The van der Waals surface area contributed by atoms with Gasteiger partial charge in [-0.1, -0.05) is 0 Å². The van der Waals surface area contributed by atoms with Crippen molar-refractivity contribution in [2.24, 2.45) is 5.14 Å². The van der Waals surface area contributed by atoms with Gasteiger partial charge in [0.2, 0.25) is 10.0 Å². The summed E-state index contributed by atoms with van der Waals surface area (Å²) in [5, 5.41) is 4.85. The summed E-state index contributed by atoms with van der Waals surface area (Å²) >= 11 is 0. The van der Waals surface area contributed by atoms with E-state index in [9.17, 15) is 12.8 Å². The number of nitrogen functional groups attached to an aromatic ring is 1. The summed E-state index contributed by atoms with van der Waals surface area (Å²) in [6.07, 6.45) is 0. The summed E-state index contributed by atoms with van der Waals surface area (Å²) in [5.41, 5.74) is 5.03. The van der Waals surface area contributed by atoms with E-state index in [1.165, 1.54) is 7.11 Å². The van der Waals surface area contributed by atoms with Crippen molar-refractivity contribution in [1.29, 1.82) is 0 Å². The molecule has 5 nitrogen and oxygen atoms in total. The molecule has 0 aliphatic carbocycles. The van der Waals surface area contributed by atoms with Crippen molar-refractivity contribution in [3.63, 3.8) is 0 Å². The van der Waals surface area contributed by atoms with Gasteiger partial charge in [0.05, 0.1) is 12.8 Å². The Morgan fingerprint density at radius 3 is 2.43 bits per heavy atom. The Bertz CT molecular complexity index is 458. The van der Waals surface area contributed by atoms with E-state index in [0.29, 0.717) is 0 Å². The van der Waals surface area contributed by atoms with Crippen LogP contribution < -0.4 is 15.6 Å². The number of ether oxygens (including phenoxy) is 1. The highest BCUT2D eigenvalue weighted by Gasteiger charge is 2.16. The van der Waals surface area contributed by atoms with Crippen LogP contribution in [0.2, 0.25) is 0 Å². The van der Waals surface area contributed by atoms with Crippen LogP contribution in [0.5, 0.6) is 5.75 Å². The molecule has 0 saturated carbocycles. The molecule has 0 fully saturated rings. The summed E-state index contributed by atoms with van der Waals surface area (Å²) in [4.78, 5) is -0.351. The Morgan fingerprint density at radius 1 is 1.43 bits per heavy atom. The summed E-state index contributed by atoms with van der Waals surface area (Å²) in [5.74, 6) is -0.958. The number of methoxy groups -OCH3 is 1. The van der Waals surface area contributed by atoms with Gasteiger partial charge in [0, 0.05) is 12.1 Å². The summed E-state index contributed by atoms with van der Waals surface area (Å²) < 4.78 is 39.5. The van der Waals surface area contributed by atoms with Gasteiger partial charge in [-0.25, -0.2) is 17.9 Å². The first-order valence-electron chi connectivity index (χ1n) is 3.52. The van der Waals surface area contributed by atoms with Gasteiger partial charge in [-0.2, -0.15) is 0 Å². The van der Waals surface area contributed by atoms with Gasteiger partial charge in [-0.3, -0.25) is 0 Å². The maximum atomic E-state index is 13.0. The topological polar surface area (TPSA) is 95.4 Å². The first-order valence-corrected chi connectivity index (χ1v) is 5.06. The Balaban J connectivity index is 3.47. The number of primary sulfonamides is 1.